The molecule has 4 nitrogen and oxygen atoms in total. The quantitative estimate of drug-likeness (QED) is 0.534. The predicted octanol–water partition coefficient (Wildman–Crippen LogP) is 1.24. The molecule has 1 aliphatic carbocycles. The number of ketones is 1. The van der Waals surface area contributed by atoms with Crippen LogP contribution in [0.1, 0.15) is 26.2 Å². The topological polar surface area (TPSA) is 52.6 Å². The fraction of sp³-hybridized carbons (Fsp3) is 0.667. The lowest BCUT2D eigenvalue weighted by atomic mass is 9.79. The van der Waals surface area contributed by atoms with E-state index in [0.29, 0.717) is 19.3 Å². The van der Waals surface area contributed by atoms with Gasteiger partial charge in [-0.05, 0) is 26.2 Å². The van der Waals surface area contributed by atoms with Gasteiger partial charge in [0.1, 0.15) is 6.10 Å². The summed E-state index contributed by atoms with van der Waals surface area (Å²) in [6, 6.07) is 0. The maximum atomic E-state index is 11.9. The molecule has 1 saturated carbocycles. The van der Waals surface area contributed by atoms with Crippen molar-refractivity contribution in [2.45, 2.75) is 38.4 Å². The molecule has 0 bridgehead atoms. The molecule has 1 fully saturated rings. The average molecular weight is 224 g/mol. The van der Waals surface area contributed by atoms with Crippen molar-refractivity contribution in [1.29, 1.82) is 0 Å². The van der Waals surface area contributed by atoms with Gasteiger partial charge in [0.2, 0.25) is 0 Å². The van der Waals surface area contributed by atoms with Crippen LogP contribution in [0.4, 0.5) is 0 Å². The van der Waals surface area contributed by atoms with Crippen LogP contribution in [-0.4, -0.2) is 30.9 Å². The lowest BCUT2D eigenvalue weighted by Crippen LogP contribution is -2.42. The molecule has 0 spiro atoms. The molecule has 88 valence electrons. The van der Waals surface area contributed by atoms with E-state index in [4.69, 9.17) is 9.47 Å². The lowest BCUT2D eigenvalue weighted by molar-refractivity contribution is -0.132. The largest absolute Gasteiger partial charge is 0.496 e. The van der Waals surface area contributed by atoms with Crippen LogP contribution in [0.25, 0.3) is 0 Å². The van der Waals surface area contributed by atoms with Crippen LogP contribution < -0.4 is 0 Å². The Labute approximate surface area is 94.6 Å². The number of carbonyl (C=O) groups excluding carboxylic acids is 2. The van der Waals surface area contributed by atoms with Crippen LogP contribution in [0.5, 0.6) is 0 Å². The third kappa shape index (κ3) is 2.02. The van der Waals surface area contributed by atoms with Crippen molar-refractivity contribution < 1.29 is 19.1 Å². The van der Waals surface area contributed by atoms with Gasteiger partial charge in [-0.3, -0.25) is 9.59 Å². The van der Waals surface area contributed by atoms with Gasteiger partial charge in [-0.2, -0.15) is 0 Å². The molecule has 2 aliphatic rings. The Bertz CT molecular complexity index is 321. The van der Waals surface area contributed by atoms with E-state index in [2.05, 4.69) is 0 Å². The molecule has 4 heteroatoms. The molecule has 1 aliphatic heterocycles. The van der Waals surface area contributed by atoms with Crippen LogP contribution in [-0.2, 0) is 19.1 Å². The highest BCUT2D eigenvalue weighted by atomic mass is 16.5. The first-order valence-corrected chi connectivity index (χ1v) is 5.73. The van der Waals surface area contributed by atoms with Crippen molar-refractivity contribution in [1.82, 2.24) is 0 Å². The second kappa shape index (κ2) is 4.78. The summed E-state index contributed by atoms with van der Waals surface area (Å²) in [4.78, 5) is 22.6. The minimum absolute atomic E-state index is 0.0621. The molecule has 0 aromatic rings. The third-order valence-corrected chi connectivity index (χ3v) is 3.26. The summed E-state index contributed by atoms with van der Waals surface area (Å²) in [7, 11) is 0. The van der Waals surface area contributed by atoms with Crippen molar-refractivity contribution in [2.75, 3.05) is 6.61 Å². The van der Waals surface area contributed by atoms with Gasteiger partial charge in [0.25, 0.3) is 0 Å². The molecule has 0 amide bonds. The van der Waals surface area contributed by atoms with E-state index >= 15 is 0 Å². The van der Waals surface area contributed by atoms with Gasteiger partial charge in [0.15, 0.2) is 12.1 Å². The first kappa shape index (κ1) is 11.3. The van der Waals surface area contributed by atoms with Crippen molar-refractivity contribution in [3.8, 4) is 0 Å². The van der Waals surface area contributed by atoms with E-state index in [9.17, 15) is 9.59 Å². The van der Waals surface area contributed by atoms with Gasteiger partial charge < -0.3 is 9.47 Å². The number of Topliss-reactive ketones (excluding diaryl/α,β-unsaturated/α-hetero) is 1. The second-order valence-electron chi connectivity index (χ2n) is 4.23. The number of ether oxygens (including phenoxy) is 2. The SMILES string of the molecule is CCOC1CCC2OC=C(C=O)C(=O)C2C1. The fourth-order valence-electron chi connectivity index (χ4n) is 2.45. The zero-order chi connectivity index (χ0) is 11.5. The Morgan fingerprint density at radius 1 is 1.56 bits per heavy atom. The molecule has 0 aromatic carbocycles. The Morgan fingerprint density at radius 3 is 3.06 bits per heavy atom. The molecular formula is C12H16O4. The minimum atomic E-state index is -0.199. The van der Waals surface area contributed by atoms with Crippen LogP contribution >= 0.6 is 0 Å². The van der Waals surface area contributed by atoms with Gasteiger partial charge in [-0.25, -0.2) is 0 Å². The van der Waals surface area contributed by atoms with E-state index in [1.807, 2.05) is 6.92 Å². The summed E-state index contributed by atoms with van der Waals surface area (Å²) >= 11 is 0. The first-order valence-electron chi connectivity index (χ1n) is 5.73. The van der Waals surface area contributed by atoms with Crippen LogP contribution in [0, 0.1) is 5.92 Å². The third-order valence-electron chi connectivity index (χ3n) is 3.26. The van der Waals surface area contributed by atoms with E-state index in [-0.39, 0.29) is 29.5 Å². The van der Waals surface area contributed by atoms with Gasteiger partial charge in [0, 0.05) is 6.61 Å². The predicted molar refractivity (Wildman–Crippen MR) is 56.8 cm³/mol. The maximum Gasteiger partial charge on any atom is 0.176 e. The maximum absolute atomic E-state index is 11.9. The summed E-state index contributed by atoms with van der Waals surface area (Å²) in [5, 5.41) is 0. The summed E-state index contributed by atoms with van der Waals surface area (Å²) in [5.74, 6) is -0.286. The number of rotatable bonds is 3. The number of fused-ring (bicyclic) bond motifs is 1. The number of hydrogen-bond acceptors (Lipinski definition) is 4. The Balaban J connectivity index is 2.08. The molecule has 2 rings (SSSR count). The molecule has 3 atom stereocenters. The number of carbonyl (C=O) groups is 2. The smallest absolute Gasteiger partial charge is 0.176 e. The summed E-state index contributed by atoms with van der Waals surface area (Å²) in [5.41, 5.74) is 0.151. The van der Waals surface area contributed by atoms with E-state index in [0.717, 1.165) is 12.8 Å². The van der Waals surface area contributed by atoms with E-state index in [1.54, 1.807) is 0 Å². The average Bonchev–Trinajstić information content (AvgIpc) is 2.31. The Morgan fingerprint density at radius 2 is 2.38 bits per heavy atom. The van der Waals surface area contributed by atoms with Crippen LogP contribution in [0.2, 0.25) is 0 Å². The summed E-state index contributed by atoms with van der Waals surface area (Å²) in [6.45, 7) is 2.61. The second-order valence-corrected chi connectivity index (χ2v) is 4.23. The molecule has 16 heavy (non-hydrogen) atoms. The monoisotopic (exact) mass is 224 g/mol. The molecule has 0 saturated heterocycles. The zero-order valence-electron chi connectivity index (χ0n) is 9.35. The standard InChI is InChI=1S/C12H16O4/c1-2-15-9-3-4-11-10(5-9)12(14)8(6-13)7-16-11/h6-7,9-11H,2-5H2,1H3. The van der Waals surface area contributed by atoms with Crippen LogP contribution in [0.15, 0.2) is 11.8 Å². The molecule has 0 aromatic heterocycles. The number of allylic oxidation sites excluding steroid dienone is 1. The highest BCUT2D eigenvalue weighted by Crippen LogP contribution is 2.33. The molecule has 3 unspecified atom stereocenters. The zero-order valence-corrected chi connectivity index (χ0v) is 9.35. The number of aldehydes is 1. The summed E-state index contributed by atoms with van der Waals surface area (Å²) < 4.78 is 10.9. The first-order chi connectivity index (χ1) is 7.76. The van der Waals surface area contributed by atoms with Crippen molar-refractivity contribution in [3.63, 3.8) is 0 Å². The summed E-state index contributed by atoms with van der Waals surface area (Å²) in [6.07, 6.45) is 4.36. The normalized spacial score (nSPS) is 33.7. The lowest BCUT2D eigenvalue weighted by Gasteiger charge is -2.36. The molecular weight excluding hydrogens is 208 g/mol. The van der Waals surface area contributed by atoms with Crippen molar-refractivity contribution >= 4 is 12.1 Å². The Hall–Kier alpha value is -1.16. The van der Waals surface area contributed by atoms with Gasteiger partial charge >= 0.3 is 0 Å². The van der Waals surface area contributed by atoms with Crippen molar-refractivity contribution in [3.05, 3.63) is 11.8 Å². The molecule has 0 radical (unpaired) electrons. The molecule has 0 N–H and O–H groups in total. The van der Waals surface area contributed by atoms with Gasteiger partial charge in [-0.1, -0.05) is 0 Å². The highest BCUT2D eigenvalue weighted by molar-refractivity contribution is 6.13. The molecule has 1 heterocycles. The fourth-order valence-corrected chi connectivity index (χ4v) is 2.45. The van der Waals surface area contributed by atoms with E-state index < -0.39 is 0 Å². The number of hydrogen-bond donors (Lipinski definition) is 0. The van der Waals surface area contributed by atoms with Gasteiger partial charge in [0.05, 0.1) is 23.9 Å². The Kier molecular flexibility index (Phi) is 3.39. The van der Waals surface area contributed by atoms with Crippen LogP contribution in [0.3, 0.4) is 0 Å². The van der Waals surface area contributed by atoms with E-state index in [1.165, 1.54) is 6.26 Å². The van der Waals surface area contributed by atoms with Crippen molar-refractivity contribution in [2.24, 2.45) is 5.92 Å². The highest BCUT2D eigenvalue weighted by Gasteiger charge is 2.40. The minimum Gasteiger partial charge on any atom is -0.496 e. The van der Waals surface area contributed by atoms with Gasteiger partial charge in [-0.15, -0.1) is 0 Å².